The molecule has 62 valence electrons. The largest absolute Gasteiger partial charge is 0.553 e. The van der Waals surface area contributed by atoms with Crippen LogP contribution >= 0.6 is 0 Å². The van der Waals surface area contributed by atoms with Crippen LogP contribution in [0.3, 0.4) is 0 Å². The number of aryl methyl sites for hydroxylation is 1. The third kappa shape index (κ3) is 6.36. The summed E-state index contributed by atoms with van der Waals surface area (Å²) in [4.78, 5) is 9.03. The molecule has 0 unspecified atom stereocenters. The van der Waals surface area contributed by atoms with Gasteiger partial charge in [-0.1, -0.05) is 0 Å². The molecule has 0 bridgehead atoms. The Balaban J connectivity index is 0.000000187. The molecule has 0 spiro atoms. The molecule has 5 nitrogen and oxygen atoms in total. The Morgan fingerprint density at radius 1 is 1.73 bits per heavy atom. The van der Waals surface area contributed by atoms with E-state index >= 15 is 0 Å². The maximum atomic E-state index is 9.03. The van der Waals surface area contributed by atoms with Gasteiger partial charge in [-0.25, -0.2) is 0 Å². The van der Waals surface area contributed by atoms with E-state index in [1.165, 1.54) is 0 Å². The van der Waals surface area contributed by atoms with Gasteiger partial charge in [-0.2, -0.15) is 4.57 Å². The summed E-state index contributed by atoms with van der Waals surface area (Å²) < 4.78 is 10.1. The highest BCUT2D eigenvalue weighted by Crippen LogP contribution is 1.69. The summed E-state index contributed by atoms with van der Waals surface area (Å²) in [5.74, 6) is 0. The van der Waals surface area contributed by atoms with E-state index in [1.807, 2.05) is 17.8 Å². The zero-order valence-electron chi connectivity index (χ0n) is 6.31. The lowest BCUT2D eigenvalue weighted by Crippen LogP contribution is -2.22. The predicted octanol–water partition coefficient (Wildman–Crippen LogP) is -0.920. The maximum absolute atomic E-state index is 9.03. The quantitative estimate of drug-likeness (QED) is 0.362. The van der Waals surface area contributed by atoms with E-state index in [1.54, 1.807) is 12.7 Å². The second kappa shape index (κ2) is 5.28. The van der Waals surface area contributed by atoms with Crippen molar-refractivity contribution in [2.24, 2.45) is 7.05 Å². The van der Waals surface area contributed by atoms with Crippen LogP contribution in [0.5, 0.6) is 0 Å². The van der Waals surface area contributed by atoms with Crippen molar-refractivity contribution in [3.8, 4) is 0 Å². The first-order chi connectivity index (χ1) is 5.16. The van der Waals surface area contributed by atoms with Crippen LogP contribution in [-0.2, 0) is 11.8 Å². The van der Waals surface area contributed by atoms with Crippen molar-refractivity contribution in [2.75, 3.05) is 7.11 Å². The van der Waals surface area contributed by atoms with Crippen molar-refractivity contribution in [3.05, 3.63) is 18.9 Å². The predicted molar refractivity (Wildman–Crippen MR) is 32.3 cm³/mol. The minimum atomic E-state index is -1.50. The molecule has 0 aliphatic heterocycles. The van der Waals surface area contributed by atoms with Gasteiger partial charge in [0.1, 0.15) is 7.05 Å². The maximum Gasteiger partial charge on any atom is 0.334 e. The van der Waals surface area contributed by atoms with Crippen LogP contribution in [0.2, 0.25) is 0 Å². The van der Waals surface area contributed by atoms with Crippen LogP contribution in [0.1, 0.15) is 0 Å². The Kier molecular flexibility index (Phi) is 4.55. The fraction of sp³-hybridized carbons (Fsp3) is 0.333. The molecule has 1 heterocycles. The molecule has 0 saturated carbocycles. The number of carbonyl (C=O) groups is 1. The van der Waals surface area contributed by atoms with Crippen LogP contribution in [0.4, 0.5) is 4.79 Å². The highest BCUT2D eigenvalue weighted by Gasteiger charge is 1.83. The van der Waals surface area contributed by atoms with E-state index < -0.39 is 6.16 Å². The van der Waals surface area contributed by atoms with Gasteiger partial charge in [-0.3, -0.25) is 0 Å². The topological polar surface area (TPSA) is 66.4 Å². The summed E-state index contributed by atoms with van der Waals surface area (Å²) in [5, 5.41) is 9.03. The molecule has 0 aromatic carbocycles. The van der Waals surface area contributed by atoms with E-state index in [9.17, 15) is 0 Å². The Hall–Kier alpha value is -1.52. The Bertz CT molecular complexity index is 194. The van der Waals surface area contributed by atoms with Gasteiger partial charge < -0.3 is 19.1 Å². The van der Waals surface area contributed by atoms with E-state index in [4.69, 9.17) is 9.90 Å². The van der Waals surface area contributed by atoms with Crippen LogP contribution in [0, 0.1) is 0 Å². The van der Waals surface area contributed by atoms with Gasteiger partial charge in [0, 0.05) is 7.11 Å². The van der Waals surface area contributed by atoms with Crippen molar-refractivity contribution in [1.29, 1.82) is 0 Å². The first kappa shape index (κ1) is 9.48. The van der Waals surface area contributed by atoms with Crippen LogP contribution < -0.4 is 9.67 Å². The van der Waals surface area contributed by atoms with E-state index in [2.05, 4.69) is 9.15 Å². The first-order valence-electron chi connectivity index (χ1n) is 2.79. The van der Waals surface area contributed by atoms with E-state index in [0.717, 1.165) is 7.11 Å². The van der Waals surface area contributed by atoms with Crippen LogP contribution in [0.25, 0.3) is 0 Å². The SMILES string of the molecule is COC(=O)[O-].C[n+]1ccoc1. The van der Waals surface area contributed by atoms with Gasteiger partial charge >= 0.3 is 6.39 Å². The van der Waals surface area contributed by atoms with Crippen molar-refractivity contribution in [2.45, 2.75) is 0 Å². The molecule has 0 radical (unpaired) electrons. The van der Waals surface area contributed by atoms with Gasteiger partial charge in [-0.15, -0.1) is 0 Å². The fourth-order valence-electron chi connectivity index (χ4n) is 0.297. The molecule has 1 rings (SSSR count). The summed E-state index contributed by atoms with van der Waals surface area (Å²) in [6.45, 7) is 0. The number of aromatic nitrogens is 1. The van der Waals surface area contributed by atoms with Gasteiger partial charge in [-0.05, 0) is 0 Å². The Labute approximate surface area is 63.8 Å². The number of methoxy groups -OCH3 is 1. The first-order valence-corrected chi connectivity index (χ1v) is 2.79. The Morgan fingerprint density at radius 2 is 2.27 bits per heavy atom. The molecule has 1 aromatic rings. The lowest BCUT2D eigenvalue weighted by atomic mass is 10.9. The molecule has 0 aliphatic rings. The van der Waals surface area contributed by atoms with E-state index in [-0.39, 0.29) is 0 Å². The van der Waals surface area contributed by atoms with Crippen LogP contribution in [0.15, 0.2) is 23.3 Å². The molecule has 5 heteroatoms. The third-order valence-electron chi connectivity index (χ3n) is 0.768. The number of rotatable bonds is 0. The number of hydrogen-bond donors (Lipinski definition) is 0. The normalized spacial score (nSPS) is 7.82. The highest BCUT2D eigenvalue weighted by atomic mass is 16.6. The van der Waals surface area contributed by atoms with Crippen LogP contribution in [-0.4, -0.2) is 13.3 Å². The molecule has 0 atom stereocenters. The molecular formula is C6H9NO4. The van der Waals surface area contributed by atoms with Gasteiger partial charge in [0.2, 0.25) is 6.20 Å². The number of hydrogen-bond acceptors (Lipinski definition) is 4. The highest BCUT2D eigenvalue weighted by molar-refractivity contribution is 5.53. The monoisotopic (exact) mass is 159 g/mol. The smallest absolute Gasteiger partial charge is 0.334 e. The molecule has 0 aliphatic carbocycles. The summed E-state index contributed by atoms with van der Waals surface area (Å²) in [6, 6.07) is 0. The van der Waals surface area contributed by atoms with Gasteiger partial charge in [0.25, 0.3) is 6.16 Å². The summed E-state index contributed by atoms with van der Waals surface area (Å²) in [7, 11) is 2.94. The molecular weight excluding hydrogens is 150 g/mol. The molecule has 11 heavy (non-hydrogen) atoms. The minimum absolute atomic E-state index is 1.04. The van der Waals surface area contributed by atoms with E-state index in [0.29, 0.717) is 0 Å². The number of oxazole rings is 1. The minimum Gasteiger partial charge on any atom is -0.553 e. The number of carbonyl (C=O) groups excluding carboxylic acids is 1. The lowest BCUT2D eigenvalue weighted by molar-refractivity contribution is -0.674. The van der Waals surface area contributed by atoms with Crippen molar-refractivity contribution < 1.29 is 23.6 Å². The standard InChI is InChI=1S/C4H6NO.C2H4O3/c1-5-2-3-6-4-5;1-5-2(3)4/h2-4H,1H3;1H3,(H,3,4)/q+1;/p-1. The second-order valence-corrected chi connectivity index (χ2v) is 1.65. The third-order valence-corrected chi connectivity index (χ3v) is 0.768. The lowest BCUT2D eigenvalue weighted by Gasteiger charge is -1.92. The average Bonchev–Trinajstić information content (AvgIpc) is 2.41. The second-order valence-electron chi connectivity index (χ2n) is 1.65. The number of nitrogens with zero attached hydrogens (tertiary/aromatic N) is 1. The molecule has 0 fully saturated rings. The zero-order valence-corrected chi connectivity index (χ0v) is 6.31. The fourth-order valence-corrected chi connectivity index (χ4v) is 0.297. The number of ether oxygens (including phenoxy) is 1. The zero-order chi connectivity index (χ0) is 8.69. The number of carboxylic acid groups (broad SMARTS) is 1. The Morgan fingerprint density at radius 3 is 2.36 bits per heavy atom. The van der Waals surface area contributed by atoms with Crippen molar-refractivity contribution in [3.63, 3.8) is 0 Å². The average molecular weight is 159 g/mol. The molecule has 0 saturated heterocycles. The molecule has 0 amide bonds. The van der Waals surface area contributed by atoms with Gasteiger partial charge in [0.15, 0.2) is 6.26 Å². The summed E-state index contributed by atoms with van der Waals surface area (Å²) >= 11 is 0. The summed E-state index contributed by atoms with van der Waals surface area (Å²) in [5.41, 5.74) is 0. The van der Waals surface area contributed by atoms with Crippen molar-refractivity contribution >= 4 is 6.16 Å². The van der Waals surface area contributed by atoms with Gasteiger partial charge in [0.05, 0.1) is 0 Å². The molecule has 1 aromatic heterocycles. The summed E-state index contributed by atoms with van der Waals surface area (Å²) in [6.07, 6.45) is 3.59. The van der Waals surface area contributed by atoms with Crippen molar-refractivity contribution in [1.82, 2.24) is 0 Å². The molecule has 0 N–H and O–H groups in total.